The second kappa shape index (κ2) is 14.2. The fourth-order valence-corrected chi connectivity index (χ4v) is 6.23. The van der Waals surface area contributed by atoms with Crippen molar-refractivity contribution in [3.8, 4) is 0 Å². The van der Waals surface area contributed by atoms with E-state index in [1.807, 2.05) is 98.7 Å². The second-order valence-corrected chi connectivity index (χ2v) is 12.7. The summed E-state index contributed by atoms with van der Waals surface area (Å²) in [5.41, 5.74) is 6.39. The van der Waals surface area contributed by atoms with Gasteiger partial charge in [0.1, 0.15) is 0 Å². The summed E-state index contributed by atoms with van der Waals surface area (Å²) in [4.78, 5) is 42.6. The number of para-hydroxylation sites is 4. The fraction of sp³-hybridized carbons (Fsp3) is 0.282. The van der Waals surface area contributed by atoms with Gasteiger partial charge in [0.05, 0.1) is 44.6 Å². The molecule has 48 heavy (non-hydrogen) atoms. The fourth-order valence-electron chi connectivity index (χ4n) is 6.23. The Balaban J connectivity index is 0.992. The van der Waals surface area contributed by atoms with Gasteiger partial charge in [0.15, 0.2) is 0 Å². The largest absolute Gasteiger partial charge is 0.376 e. The molecule has 4 aromatic carbocycles. The molecule has 9 heteroatoms. The summed E-state index contributed by atoms with van der Waals surface area (Å²) in [6.45, 7) is 2.77. The van der Waals surface area contributed by atoms with E-state index in [9.17, 15) is 9.59 Å². The maximum Gasteiger partial charge on any atom is 0.253 e. The zero-order valence-corrected chi connectivity index (χ0v) is 28.4. The summed E-state index contributed by atoms with van der Waals surface area (Å²) >= 11 is 0. The lowest BCUT2D eigenvalue weighted by Crippen LogP contribution is -2.31. The molecule has 0 aliphatic heterocycles. The number of benzene rings is 4. The maximum absolute atomic E-state index is 13.2. The van der Waals surface area contributed by atoms with E-state index in [2.05, 4.69) is 46.8 Å². The predicted octanol–water partition coefficient (Wildman–Crippen LogP) is 6.09. The number of aromatic nitrogens is 2. The molecule has 0 saturated heterocycles. The SMILES string of the molecule is CN(CCCNC(=O)c1cccc2cc3cccc(N(C)C)c3nc12)CCCNC(=O)c1cccc2cc3cccc(N(C)C)c3nc12. The summed E-state index contributed by atoms with van der Waals surface area (Å²) in [7, 11) is 10.1. The van der Waals surface area contributed by atoms with Crippen LogP contribution in [0, 0.1) is 0 Å². The van der Waals surface area contributed by atoms with Gasteiger partial charge in [-0.15, -0.1) is 0 Å². The molecule has 0 radical (unpaired) electrons. The number of amides is 2. The minimum Gasteiger partial charge on any atom is -0.376 e. The van der Waals surface area contributed by atoms with E-state index < -0.39 is 0 Å². The lowest BCUT2D eigenvalue weighted by atomic mass is 10.1. The first-order chi connectivity index (χ1) is 23.2. The van der Waals surface area contributed by atoms with Crippen LogP contribution in [0.4, 0.5) is 11.4 Å². The van der Waals surface area contributed by atoms with E-state index >= 15 is 0 Å². The molecule has 0 aliphatic carbocycles. The van der Waals surface area contributed by atoms with Crippen molar-refractivity contribution in [1.29, 1.82) is 0 Å². The van der Waals surface area contributed by atoms with Gasteiger partial charge in [0.25, 0.3) is 11.8 Å². The molecule has 0 spiro atoms. The zero-order valence-electron chi connectivity index (χ0n) is 28.4. The van der Waals surface area contributed by atoms with Crippen LogP contribution in [-0.2, 0) is 0 Å². The monoisotopic (exact) mass is 641 g/mol. The molecular formula is C39H43N7O2. The third-order valence-corrected chi connectivity index (χ3v) is 8.75. The molecule has 246 valence electrons. The topological polar surface area (TPSA) is 93.7 Å². The van der Waals surface area contributed by atoms with Crippen LogP contribution in [0.1, 0.15) is 33.6 Å². The van der Waals surface area contributed by atoms with Gasteiger partial charge in [0, 0.05) is 62.8 Å². The number of carbonyl (C=O) groups excluding carboxylic acids is 2. The molecular weight excluding hydrogens is 598 g/mol. The van der Waals surface area contributed by atoms with Gasteiger partial charge in [0.2, 0.25) is 0 Å². The van der Waals surface area contributed by atoms with E-state index in [1.54, 1.807) is 0 Å². The van der Waals surface area contributed by atoms with Crippen LogP contribution in [0.3, 0.4) is 0 Å². The maximum atomic E-state index is 13.2. The minimum atomic E-state index is -0.117. The van der Waals surface area contributed by atoms with E-state index in [-0.39, 0.29) is 11.8 Å². The average Bonchev–Trinajstić information content (AvgIpc) is 3.08. The number of pyridine rings is 2. The van der Waals surface area contributed by atoms with E-state index in [0.717, 1.165) is 69.9 Å². The Morgan fingerprint density at radius 1 is 0.542 bits per heavy atom. The highest BCUT2D eigenvalue weighted by molar-refractivity contribution is 6.10. The van der Waals surface area contributed by atoms with Crippen molar-refractivity contribution in [3.05, 3.63) is 96.1 Å². The van der Waals surface area contributed by atoms with Gasteiger partial charge >= 0.3 is 0 Å². The second-order valence-electron chi connectivity index (χ2n) is 12.7. The Hall–Kier alpha value is -5.28. The molecule has 0 bridgehead atoms. The number of hydrogen-bond donors (Lipinski definition) is 2. The number of fused-ring (bicyclic) bond motifs is 4. The van der Waals surface area contributed by atoms with Crippen molar-refractivity contribution in [2.45, 2.75) is 12.8 Å². The average molecular weight is 642 g/mol. The molecule has 0 unspecified atom stereocenters. The van der Waals surface area contributed by atoms with Crippen LogP contribution in [0.5, 0.6) is 0 Å². The van der Waals surface area contributed by atoms with Crippen molar-refractivity contribution in [2.24, 2.45) is 0 Å². The highest BCUT2D eigenvalue weighted by atomic mass is 16.2. The quantitative estimate of drug-likeness (QED) is 0.123. The summed E-state index contributed by atoms with van der Waals surface area (Å²) in [5.74, 6) is -0.233. The lowest BCUT2D eigenvalue weighted by molar-refractivity contribution is 0.0947. The Morgan fingerprint density at radius 3 is 1.31 bits per heavy atom. The first-order valence-electron chi connectivity index (χ1n) is 16.5. The number of anilines is 2. The van der Waals surface area contributed by atoms with Crippen molar-refractivity contribution in [3.63, 3.8) is 0 Å². The zero-order chi connectivity index (χ0) is 33.8. The van der Waals surface area contributed by atoms with Crippen molar-refractivity contribution >= 4 is 66.8 Å². The summed E-state index contributed by atoms with van der Waals surface area (Å²) < 4.78 is 0. The van der Waals surface area contributed by atoms with Gasteiger partial charge in [-0.25, -0.2) is 9.97 Å². The van der Waals surface area contributed by atoms with Gasteiger partial charge in [-0.05, 0) is 69.4 Å². The molecule has 9 nitrogen and oxygen atoms in total. The Kier molecular flexibility index (Phi) is 9.68. The Labute approximate surface area is 281 Å². The third-order valence-electron chi connectivity index (χ3n) is 8.75. The molecule has 2 aromatic heterocycles. The van der Waals surface area contributed by atoms with Crippen LogP contribution in [-0.4, -0.2) is 88.1 Å². The molecule has 6 aromatic rings. The number of rotatable bonds is 12. The summed E-state index contributed by atoms with van der Waals surface area (Å²) in [6.07, 6.45) is 1.62. The van der Waals surface area contributed by atoms with Crippen LogP contribution in [0.2, 0.25) is 0 Å². The van der Waals surface area contributed by atoms with Crippen LogP contribution < -0.4 is 20.4 Å². The van der Waals surface area contributed by atoms with Crippen molar-refractivity contribution in [2.75, 3.05) is 71.2 Å². The summed E-state index contributed by atoms with van der Waals surface area (Å²) in [6, 6.07) is 27.9. The third kappa shape index (κ3) is 6.87. The van der Waals surface area contributed by atoms with E-state index in [1.165, 1.54) is 0 Å². The van der Waals surface area contributed by atoms with Gasteiger partial charge < -0.3 is 25.3 Å². The van der Waals surface area contributed by atoms with Crippen molar-refractivity contribution < 1.29 is 9.59 Å². The first-order valence-corrected chi connectivity index (χ1v) is 16.5. The molecule has 0 atom stereocenters. The minimum absolute atomic E-state index is 0.117. The van der Waals surface area contributed by atoms with Gasteiger partial charge in [-0.1, -0.05) is 48.5 Å². The van der Waals surface area contributed by atoms with Crippen LogP contribution >= 0.6 is 0 Å². The van der Waals surface area contributed by atoms with Crippen LogP contribution in [0.15, 0.2) is 84.9 Å². The van der Waals surface area contributed by atoms with E-state index in [4.69, 9.17) is 9.97 Å². The predicted molar refractivity (Wildman–Crippen MR) is 199 cm³/mol. The Morgan fingerprint density at radius 2 is 0.917 bits per heavy atom. The van der Waals surface area contributed by atoms with Gasteiger partial charge in [-0.2, -0.15) is 0 Å². The highest BCUT2D eigenvalue weighted by Gasteiger charge is 2.15. The first kappa shape index (κ1) is 32.7. The molecule has 0 saturated carbocycles. The molecule has 2 heterocycles. The lowest BCUT2D eigenvalue weighted by Gasteiger charge is -2.17. The van der Waals surface area contributed by atoms with Gasteiger partial charge in [-0.3, -0.25) is 9.59 Å². The highest BCUT2D eigenvalue weighted by Crippen LogP contribution is 2.30. The molecule has 0 aliphatic rings. The van der Waals surface area contributed by atoms with E-state index in [0.29, 0.717) is 35.2 Å². The normalized spacial score (nSPS) is 11.5. The van der Waals surface area contributed by atoms with Crippen molar-refractivity contribution in [1.82, 2.24) is 25.5 Å². The number of nitrogens with zero attached hydrogens (tertiary/aromatic N) is 5. The number of nitrogens with one attached hydrogen (secondary N) is 2. The standard InChI is InChI=1S/C39H43N7O2/c1-44(2)32-18-8-14-28-24-26-12-6-16-30(34(26)42-36(28)32)38(47)40-20-10-22-46(5)23-11-21-41-39(48)31-17-7-13-27-25-29-15-9-19-33(45(3)4)37(29)43-35(27)31/h6-9,12-19,24-25H,10-11,20-23H2,1-5H3,(H,40,47)(H,41,48). The number of hydrogen-bond acceptors (Lipinski definition) is 7. The number of carbonyl (C=O) groups is 2. The Bertz CT molecular complexity index is 1970. The summed E-state index contributed by atoms with van der Waals surface area (Å²) in [5, 5.41) is 10.2. The smallest absolute Gasteiger partial charge is 0.253 e. The molecule has 2 N–H and O–H groups in total. The molecule has 2 amide bonds. The molecule has 0 fully saturated rings. The molecule has 6 rings (SSSR count). The van der Waals surface area contributed by atoms with Crippen LogP contribution in [0.25, 0.3) is 43.6 Å².